The number of para-hydroxylation sites is 2. The Hall–Kier alpha value is -2.15. The van der Waals surface area contributed by atoms with Gasteiger partial charge in [-0.25, -0.2) is 0 Å². The molecule has 1 aromatic heterocycles. The second-order valence-corrected chi connectivity index (χ2v) is 6.09. The number of hydrogen-bond donors (Lipinski definition) is 0. The van der Waals surface area contributed by atoms with Crippen molar-refractivity contribution in [3.05, 3.63) is 34.8 Å². The second kappa shape index (κ2) is 6.31. The van der Waals surface area contributed by atoms with E-state index in [9.17, 15) is 4.79 Å². The van der Waals surface area contributed by atoms with Crippen molar-refractivity contribution < 1.29 is 9.53 Å². The van der Waals surface area contributed by atoms with Crippen LogP contribution in [0, 0.1) is 6.92 Å². The maximum Gasteiger partial charge on any atom is 0.275 e. The van der Waals surface area contributed by atoms with E-state index in [4.69, 9.17) is 4.74 Å². The van der Waals surface area contributed by atoms with Gasteiger partial charge in [-0.15, -0.1) is 5.10 Å². The highest BCUT2D eigenvalue weighted by molar-refractivity contribution is 7.05. The third-order valence-electron chi connectivity index (χ3n) is 3.85. The molecule has 6 nitrogen and oxygen atoms in total. The highest BCUT2D eigenvalue weighted by Crippen LogP contribution is 2.28. The van der Waals surface area contributed by atoms with Gasteiger partial charge in [0.1, 0.15) is 5.75 Å². The highest BCUT2D eigenvalue weighted by atomic mass is 32.1. The average Bonchev–Trinajstić information content (AvgIpc) is 3.00. The van der Waals surface area contributed by atoms with E-state index in [1.54, 1.807) is 7.11 Å². The molecule has 116 valence electrons. The minimum Gasteiger partial charge on any atom is -0.495 e. The number of piperazine rings is 1. The molecule has 7 heteroatoms. The van der Waals surface area contributed by atoms with Crippen LogP contribution in [-0.2, 0) is 0 Å². The number of ether oxygens (including phenoxy) is 1. The number of rotatable bonds is 3. The molecule has 0 aliphatic carbocycles. The Labute approximate surface area is 133 Å². The summed E-state index contributed by atoms with van der Waals surface area (Å²) in [4.78, 5) is 17.4. The zero-order valence-corrected chi connectivity index (χ0v) is 13.5. The van der Waals surface area contributed by atoms with Crippen molar-refractivity contribution in [1.82, 2.24) is 14.5 Å². The van der Waals surface area contributed by atoms with Crippen LogP contribution in [0.3, 0.4) is 0 Å². The number of methoxy groups -OCH3 is 1. The number of carbonyl (C=O) groups excluding carboxylic acids is 1. The Balaban J connectivity index is 1.68. The van der Waals surface area contributed by atoms with Gasteiger partial charge in [-0.05, 0) is 30.6 Å². The predicted octanol–water partition coefficient (Wildman–Crippen LogP) is 1.82. The first-order valence-corrected chi connectivity index (χ1v) is 7.94. The number of aryl methyl sites for hydroxylation is 1. The molecule has 0 atom stereocenters. The topological polar surface area (TPSA) is 58.6 Å². The van der Waals surface area contributed by atoms with Crippen LogP contribution in [0.1, 0.15) is 15.4 Å². The van der Waals surface area contributed by atoms with Crippen molar-refractivity contribution in [2.24, 2.45) is 0 Å². The molecule has 0 spiro atoms. The van der Waals surface area contributed by atoms with Crippen LogP contribution in [0.5, 0.6) is 5.75 Å². The molecule has 0 saturated carbocycles. The normalized spacial score (nSPS) is 15.0. The third kappa shape index (κ3) is 2.76. The SMILES string of the molecule is COc1ccccc1N1CCN(C(=O)c2nnsc2C)CC1. The first kappa shape index (κ1) is 14.8. The summed E-state index contributed by atoms with van der Waals surface area (Å²) in [5.41, 5.74) is 1.55. The van der Waals surface area contributed by atoms with Gasteiger partial charge < -0.3 is 14.5 Å². The summed E-state index contributed by atoms with van der Waals surface area (Å²) in [6.07, 6.45) is 0. The number of hydrogen-bond acceptors (Lipinski definition) is 6. The lowest BCUT2D eigenvalue weighted by atomic mass is 10.2. The fourth-order valence-corrected chi connectivity index (χ4v) is 3.08. The van der Waals surface area contributed by atoms with Crippen LogP contribution >= 0.6 is 11.5 Å². The first-order chi connectivity index (χ1) is 10.7. The Morgan fingerprint density at radius 1 is 1.23 bits per heavy atom. The molecular weight excluding hydrogens is 300 g/mol. The smallest absolute Gasteiger partial charge is 0.275 e. The van der Waals surface area contributed by atoms with Crippen molar-refractivity contribution in [3.8, 4) is 5.75 Å². The molecule has 1 fully saturated rings. The molecule has 2 heterocycles. The number of carbonyl (C=O) groups is 1. The van der Waals surface area contributed by atoms with E-state index < -0.39 is 0 Å². The van der Waals surface area contributed by atoms with Gasteiger partial charge in [-0.2, -0.15) is 0 Å². The summed E-state index contributed by atoms with van der Waals surface area (Å²) in [5, 5.41) is 3.94. The number of anilines is 1. The molecular formula is C15H18N4O2S. The largest absolute Gasteiger partial charge is 0.495 e. The molecule has 1 aliphatic rings. The Bertz CT molecular complexity index is 665. The minimum atomic E-state index is -0.0223. The monoisotopic (exact) mass is 318 g/mol. The van der Waals surface area contributed by atoms with Gasteiger partial charge in [-0.3, -0.25) is 4.79 Å². The average molecular weight is 318 g/mol. The van der Waals surface area contributed by atoms with E-state index in [1.165, 1.54) is 11.5 Å². The molecule has 1 aliphatic heterocycles. The fraction of sp³-hybridized carbons (Fsp3) is 0.400. The molecule has 1 amide bonds. The standard InChI is InChI=1S/C15H18N4O2S/c1-11-14(16-17-22-11)15(20)19-9-7-18(8-10-19)12-5-3-4-6-13(12)21-2/h3-6H,7-10H2,1-2H3. The Kier molecular flexibility index (Phi) is 4.24. The van der Waals surface area contributed by atoms with Crippen LogP contribution < -0.4 is 9.64 Å². The van der Waals surface area contributed by atoms with Gasteiger partial charge in [0.25, 0.3) is 5.91 Å². The van der Waals surface area contributed by atoms with Crippen LogP contribution in [-0.4, -0.2) is 53.7 Å². The summed E-state index contributed by atoms with van der Waals surface area (Å²) < 4.78 is 9.25. The summed E-state index contributed by atoms with van der Waals surface area (Å²) in [7, 11) is 1.68. The zero-order chi connectivity index (χ0) is 15.5. The molecule has 0 bridgehead atoms. The highest BCUT2D eigenvalue weighted by Gasteiger charge is 2.26. The van der Waals surface area contributed by atoms with E-state index in [1.807, 2.05) is 36.1 Å². The Morgan fingerprint density at radius 3 is 2.59 bits per heavy atom. The lowest BCUT2D eigenvalue weighted by Crippen LogP contribution is -2.49. The molecule has 0 unspecified atom stereocenters. The van der Waals surface area contributed by atoms with Crippen molar-refractivity contribution in [2.75, 3.05) is 38.2 Å². The lowest BCUT2D eigenvalue weighted by Gasteiger charge is -2.36. The lowest BCUT2D eigenvalue weighted by molar-refractivity contribution is 0.0740. The van der Waals surface area contributed by atoms with E-state index >= 15 is 0 Å². The van der Waals surface area contributed by atoms with Crippen molar-refractivity contribution in [1.29, 1.82) is 0 Å². The molecule has 2 aromatic rings. The number of nitrogens with zero attached hydrogens (tertiary/aromatic N) is 4. The summed E-state index contributed by atoms with van der Waals surface area (Å²) in [6.45, 7) is 4.79. The van der Waals surface area contributed by atoms with Gasteiger partial charge >= 0.3 is 0 Å². The Morgan fingerprint density at radius 2 is 1.95 bits per heavy atom. The predicted molar refractivity (Wildman–Crippen MR) is 85.8 cm³/mol. The van der Waals surface area contributed by atoms with Gasteiger partial charge in [0, 0.05) is 26.2 Å². The summed E-state index contributed by atoms with van der Waals surface area (Å²) >= 11 is 1.26. The molecule has 22 heavy (non-hydrogen) atoms. The van der Waals surface area contributed by atoms with Crippen LogP contribution in [0.4, 0.5) is 5.69 Å². The molecule has 1 saturated heterocycles. The number of aromatic nitrogens is 2. The minimum absolute atomic E-state index is 0.0223. The van der Waals surface area contributed by atoms with Gasteiger partial charge in [0.05, 0.1) is 17.7 Å². The van der Waals surface area contributed by atoms with E-state index in [0.717, 1.165) is 29.4 Å². The quantitative estimate of drug-likeness (QED) is 0.864. The van der Waals surface area contributed by atoms with Gasteiger partial charge in [-0.1, -0.05) is 16.6 Å². The zero-order valence-electron chi connectivity index (χ0n) is 12.7. The summed E-state index contributed by atoms with van der Waals surface area (Å²) in [6, 6.07) is 7.96. The maximum absolute atomic E-state index is 12.4. The van der Waals surface area contributed by atoms with Gasteiger partial charge in [0.15, 0.2) is 5.69 Å². The molecule has 1 aromatic carbocycles. The summed E-state index contributed by atoms with van der Waals surface area (Å²) in [5.74, 6) is 0.841. The first-order valence-electron chi connectivity index (χ1n) is 7.17. The number of amides is 1. The van der Waals surface area contributed by atoms with E-state index in [-0.39, 0.29) is 5.91 Å². The van der Waals surface area contributed by atoms with Crippen molar-refractivity contribution in [2.45, 2.75) is 6.92 Å². The second-order valence-electron chi connectivity index (χ2n) is 5.13. The number of benzene rings is 1. The van der Waals surface area contributed by atoms with Crippen LogP contribution in [0.25, 0.3) is 0 Å². The maximum atomic E-state index is 12.4. The van der Waals surface area contributed by atoms with Crippen LogP contribution in [0.2, 0.25) is 0 Å². The molecule has 0 N–H and O–H groups in total. The van der Waals surface area contributed by atoms with E-state index in [0.29, 0.717) is 18.8 Å². The van der Waals surface area contributed by atoms with Crippen molar-refractivity contribution >= 4 is 23.1 Å². The van der Waals surface area contributed by atoms with Crippen LogP contribution in [0.15, 0.2) is 24.3 Å². The molecule has 3 rings (SSSR count). The van der Waals surface area contributed by atoms with Crippen molar-refractivity contribution in [3.63, 3.8) is 0 Å². The van der Waals surface area contributed by atoms with Gasteiger partial charge in [0.2, 0.25) is 0 Å². The molecule has 0 radical (unpaired) electrons. The fourth-order valence-electron chi connectivity index (χ4n) is 2.62. The van der Waals surface area contributed by atoms with E-state index in [2.05, 4.69) is 14.5 Å². The third-order valence-corrected chi connectivity index (χ3v) is 4.48.